The van der Waals surface area contributed by atoms with E-state index in [0.29, 0.717) is 0 Å². The molecule has 17 heavy (non-hydrogen) atoms. The molecule has 0 atom stereocenters. The highest BCUT2D eigenvalue weighted by Gasteiger charge is 2.37. The average molecular weight is 234 g/mol. The van der Waals surface area contributed by atoms with Gasteiger partial charge in [-0.1, -0.05) is 12.1 Å². The molecule has 1 aromatic rings. The highest BCUT2D eigenvalue weighted by molar-refractivity contribution is 5.27. The first-order valence-corrected chi connectivity index (χ1v) is 6.33. The second-order valence-electron chi connectivity index (χ2n) is 5.28. The maximum atomic E-state index is 6.01. The topological polar surface area (TPSA) is 47.3 Å². The molecule has 1 aliphatic rings. The van der Waals surface area contributed by atoms with Gasteiger partial charge in [-0.15, -0.1) is 0 Å². The Bertz CT molecular complexity index is 355. The van der Waals surface area contributed by atoms with Gasteiger partial charge in [-0.05, 0) is 44.4 Å². The van der Waals surface area contributed by atoms with E-state index in [2.05, 4.69) is 17.4 Å². The lowest BCUT2D eigenvalue weighted by molar-refractivity contribution is 0.242. The van der Waals surface area contributed by atoms with Crippen LogP contribution in [0.2, 0.25) is 0 Å². The molecule has 0 saturated heterocycles. The number of hydrogen-bond acceptors (Lipinski definition) is 3. The second kappa shape index (κ2) is 5.07. The third-order valence-corrected chi connectivity index (χ3v) is 2.99. The number of nitrogens with two attached hydrogens (primary N) is 1. The Kier molecular flexibility index (Phi) is 3.69. The number of nitrogens with one attached hydrogen (secondary N) is 1. The normalized spacial score (nSPS) is 17.2. The number of benzene rings is 1. The molecule has 0 bridgehead atoms. The van der Waals surface area contributed by atoms with Crippen molar-refractivity contribution in [2.45, 2.75) is 44.9 Å². The molecular formula is C14H22N2O. The molecule has 0 radical (unpaired) electrons. The molecular weight excluding hydrogens is 212 g/mol. The molecule has 2 rings (SSSR count). The van der Waals surface area contributed by atoms with Gasteiger partial charge in [0.15, 0.2) is 0 Å². The number of hydrogen-bond donors (Lipinski definition) is 2. The molecule has 0 amide bonds. The molecule has 0 aromatic heterocycles. The summed E-state index contributed by atoms with van der Waals surface area (Å²) >= 11 is 0. The first-order valence-electron chi connectivity index (χ1n) is 6.33. The molecule has 1 saturated carbocycles. The standard InChI is InChI=1S/C14H22N2O/c1-11(2)17-13-5-3-12(4-6-13)9-16-10-14(15)7-8-14/h3-6,11,16H,7-10,15H2,1-2H3. The van der Waals surface area contributed by atoms with E-state index < -0.39 is 0 Å². The molecule has 1 aromatic carbocycles. The van der Waals surface area contributed by atoms with E-state index in [1.54, 1.807) is 0 Å². The largest absolute Gasteiger partial charge is 0.491 e. The Balaban J connectivity index is 1.77. The van der Waals surface area contributed by atoms with Crippen LogP contribution in [0, 0.1) is 0 Å². The van der Waals surface area contributed by atoms with Crippen LogP contribution in [-0.2, 0) is 6.54 Å². The molecule has 1 aliphatic carbocycles. The third kappa shape index (κ3) is 4.02. The van der Waals surface area contributed by atoms with Gasteiger partial charge in [-0.2, -0.15) is 0 Å². The van der Waals surface area contributed by atoms with Crippen molar-refractivity contribution >= 4 is 0 Å². The van der Waals surface area contributed by atoms with Crippen molar-refractivity contribution in [1.29, 1.82) is 0 Å². The summed E-state index contributed by atoms with van der Waals surface area (Å²) in [5.74, 6) is 0.932. The molecule has 1 fully saturated rings. The highest BCUT2D eigenvalue weighted by Crippen LogP contribution is 2.31. The first kappa shape index (κ1) is 12.4. The van der Waals surface area contributed by atoms with Crippen molar-refractivity contribution in [1.82, 2.24) is 5.32 Å². The monoisotopic (exact) mass is 234 g/mol. The maximum absolute atomic E-state index is 6.01. The van der Waals surface area contributed by atoms with Gasteiger partial charge in [0.05, 0.1) is 6.10 Å². The highest BCUT2D eigenvalue weighted by atomic mass is 16.5. The summed E-state index contributed by atoms with van der Waals surface area (Å²) < 4.78 is 5.60. The Morgan fingerprint density at radius 2 is 1.94 bits per heavy atom. The molecule has 0 aliphatic heterocycles. The molecule has 3 heteroatoms. The maximum Gasteiger partial charge on any atom is 0.119 e. The minimum Gasteiger partial charge on any atom is -0.491 e. The van der Waals surface area contributed by atoms with Crippen LogP contribution in [0.1, 0.15) is 32.3 Å². The van der Waals surface area contributed by atoms with Gasteiger partial charge in [0.1, 0.15) is 5.75 Å². The van der Waals surface area contributed by atoms with Crippen molar-refractivity contribution in [3.05, 3.63) is 29.8 Å². The third-order valence-electron chi connectivity index (χ3n) is 2.99. The summed E-state index contributed by atoms with van der Waals surface area (Å²) in [6.45, 7) is 5.86. The van der Waals surface area contributed by atoms with Crippen LogP contribution < -0.4 is 15.8 Å². The minimum atomic E-state index is 0.0840. The molecule has 0 heterocycles. The van der Waals surface area contributed by atoms with Crippen LogP contribution in [-0.4, -0.2) is 18.2 Å². The Morgan fingerprint density at radius 3 is 2.47 bits per heavy atom. The fourth-order valence-electron chi connectivity index (χ4n) is 1.75. The van der Waals surface area contributed by atoms with Gasteiger partial charge >= 0.3 is 0 Å². The van der Waals surface area contributed by atoms with Crippen LogP contribution in [0.25, 0.3) is 0 Å². The fourth-order valence-corrected chi connectivity index (χ4v) is 1.75. The Labute approximate surface area is 103 Å². The predicted molar refractivity (Wildman–Crippen MR) is 70.1 cm³/mol. The van der Waals surface area contributed by atoms with Crippen molar-refractivity contribution in [2.24, 2.45) is 5.73 Å². The number of ether oxygens (including phenoxy) is 1. The lowest BCUT2D eigenvalue weighted by Gasteiger charge is -2.12. The van der Waals surface area contributed by atoms with Crippen LogP contribution in [0.15, 0.2) is 24.3 Å². The van der Waals surface area contributed by atoms with E-state index in [1.807, 2.05) is 26.0 Å². The van der Waals surface area contributed by atoms with Crippen LogP contribution in [0.4, 0.5) is 0 Å². The van der Waals surface area contributed by atoms with Crippen LogP contribution >= 0.6 is 0 Å². The van der Waals surface area contributed by atoms with E-state index in [0.717, 1.165) is 31.7 Å². The van der Waals surface area contributed by atoms with Gasteiger partial charge in [-0.25, -0.2) is 0 Å². The van der Waals surface area contributed by atoms with Gasteiger partial charge in [-0.3, -0.25) is 0 Å². The van der Waals surface area contributed by atoms with Crippen LogP contribution in [0.3, 0.4) is 0 Å². The Morgan fingerprint density at radius 1 is 1.29 bits per heavy atom. The summed E-state index contributed by atoms with van der Waals surface area (Å²) in [6.07, 6.45) is 2.54. The zero-order valence-electron chi connectivity index (χ0n) is 10.7. The predicted octanol–water partition coefficient (Wildman–Crippen LogP) is 2.05. The summed E-state index contributed by atoms with van der Waals surface area (Å²) in [6, 6.07) is 8.24. The second-order valence-corrected chi connectivity index (χ2v) is 5.28. The van der Waals surface area contributed by atoms with Gasteiger partial charge < -0.3 is 15.8 Å². The van der Waals surface area contributed by atoms with Gasteiger partial charge in [0.25, 0.3) is 0 Å². The van der Waals surface area contributed by atoms with Gasteiger partial charge in [0, 0.05) is 18.6 Å². The summed E-state index contributed by atoms with van der Waals surface area (Å²) in [4.78, 5) is 0. The molecule has 0 spiro atoms. The summed E-state index contributed by atoms with van der Waals surface area (Å²) in [7, 11) is 0. The molecule has 3 nitrogen and oxygen atoms in total. The SMILES string of the molecule is CC(C)Oc1ccc(CNCC2(N)CC2)cc1. The summed E-state index contributed by atoms with van der Waals surface area (Å²) in [5.41, 5.74) is 7.36. The molecule has 94 valence electrons. The van der Waals surface area contributed by atoms with E-state index in [1.165, 1.54) is 5.56 Å². The lowest BCUT2D eigenvalue weighted by atomic mass is 10.2. The van der Waals surface area contributed by atoms with Crippen molar-refractivity contribution in [3.63, 3.8) is 0 Å². The molecule has 3 N–H and O–H groups in total. The zero-order chi connectivity index (χ0) is 12.3. The summed E-state index contributed by atoms with van der Waals surface area (Å²) in [5, 5.41) is 3.40. The lowest BCUT2D eigenvalue weighted by Crippen LogP contribution is -2.35. The zero-order valence-corrected chi connectivity index (χ0v) is 10.7. The number of rotatable bonds is 6. The van der Waals surface area contributed by atoms with Gasteiger partial charge in [0.2, 0.25) is 0 Å². The molecule has 0 unspecified atom stereocenters. The Hall–Kier alpha value is -1.06. The fraction of sp³-hybridized carbons (Fsp3) is 0.571. The minimum absolute atomic E-state index is 0.0840. The van der Waals surface area contributed by atoms with E-state index >= 15 is 0 Å². The van der Waals surface area contributed by atoms with E-state index in [9.17, 15) is 0 Å². The quantitative estimate of drug-likeness (QED) is 0.792. The van der Waals surface area contributed by atoms with Crippen molar-refractivity contribution in [3.8, 4) is 5.75 Å². The average Bonchev–Trinajstić information content (AvgIpc) is 2.99. The van der Waals surface area contributed by atoms with Crippen LogP contribution in [0.5, 0.6) is 5.75 Å². The van der Waals surface area contributed by atoms with Crippen molar-refractivity contribution in [2.75, 3.05) is 6.54 Å². The smallest absolute Gasteiger partial charge is 0.119 e. The van der Waals surface area contributed by atoms with Crippen molar-refractivity contribution < 1.29 is 4.74 Å². The van der Waals surface area contributed by atoms with E-state index in [4.69, 9.17) is 10.5 Å². The van der Waals surface area contributed by atoms with E-state index in [-0.39, 0.29) is 11.6 Å². The first-order chi connectivity index (χ1) is 8.07.